The number of benzene rings is 1. The molecule has 0 aliphatic heterocycles. The van der Waals surface area contributed by atoms with E-state index in [1.165, 1.54) is 19.3 Å². The van der Waals surface area contributed by atoms with Crippen molar-refractivity contribution in [2.24, 2.45) is 11.8 Å². The summed E-state index contributed by atoms with van der Waals surface area (Å²) in [5, 5.41) is 0. The Bertz CT molecular complexity index is 557. The average Bonchev–Trinajstić information content (AvgIpc) is 2.87. The summed E-state index contributed by atoms with van der Waals surface area (Å²) in [6.45, 7) is 0. The highest BCUT2D eigenvalue weighted by Gasteiger charge is 2.38. The molecule has 0 unspecified atom stereocenters. The van der Waals surface area contributed by atoms with Crippen LogP contribution in [0.15, 0.2) is 46.2 Å². The molecule has 0 bridgehead atoms. The van der Waals surface area contributed by atoms with E-state index in [4.69, 9.17) is 0 Å². The van der Waals surface area contributed by atoms with Gasteiger partial charge < -0.3 is 0 Å². The molecule has 0 amide bonds. The second-order valence-corrected chi connectivity index (χ2v) is 7.25. The van der Waals surface area contributed by atoms with Crippen LogP contribution in [0, 0.1) is 11.8 Å². The van der Waals surface area contributed by atoms with Gasteiger partial charge in [-0.05, 0) is 49.7 Å². The third-order valence-corrected chi connectivity index (χ3v) is 6.25. The zero-order chi connectivity index (χ0) is 12.6. The molecule has 2 nitrogen and oxygen atoms in total. The van der Waals surface area contributed by atoms with Gasteiger partial charge in [0.25, 0.3) is 0 Å². The fourth-order valence-corrected chi connectivity index (χ4v) is 5.23. The summed E-state index contributed by atoms with van der Waals surface area (Å²) in [6.07, 6.45) is 7.47. The first-order valence-electron chi connectivity index (χ1n) is 6.70. The minimum Gasteiger partial charge on any atom is -0.219 e. The van der Waals surface area contributed by atoms with Crippen LogP contribution in [0.4, 0.5) is 0 Å². The van der Waals surface area contributed by atoms with Gasteiger partial charge in [0, 0.05) is 4.91 Å². The van der Waals surface area contributed by atoms with Crippen molar-refractivity contribution in [3.8, 4) is 0 Å². The molecule has 2 aliphatic rings. The Balaban J connectivity index is 2.01. The van der Waals surface area contributed by atoms with Gasteiger partial charge in [-0.2, -0.15) is 0 Å². The first kappa shape index (κ1) is 12.0. The lowest BCUT2D eigenvalue weighted by molar-refractivity contribution is 0.401. The highest BCUT2D eigenvalue weighted by atomic mass is 32.2. The first-order valence-corrected chi connectivity index (χ1v) is 8.18. The lowest BCUT2D eigenvalue weighted by atomic mass is 9.87. The van der Waals surface area contributed by atoms with E-state index in [0.29, 0.717) is 15.7 Å². The van der Waals surface area contributed by atoms with Crippen LogP contribution >= 0.6 is 0 Å². The second-order valence-electron chi connectivity index (χ2n) is 5.30. The van der Waals surface area contributed by atoms with Crippen molar-refractivity contribution in [3.63, 3.8) is 0 Å². The fourth-order valence-electron chi connectivity index (χ4n) is 3.39. The monoisotopic (exact) mass is 262 g/mol. The smallest absolute Gasteiger partial charge is 0.202 e. The molecule has 3 heteroatoms. The predicted molar refractivity (Wildman–Crippen MR) is 71.8 cm³/mol. The van der Waals surface area contributed by atoms with Crippen molar-refractivity contribution in [3.05, 3.63) is 41.3 Å². The van der Waals surface area contributed by atoms with Gasteiger partial charge in [-0.25, -0.2) is 8.42 Å². The molecule has 1 aromatic rings. The fraction of sp³-hybridized carbons (Fsp3) is 0.467. The summed E-state index contributed by atoms with van der Waals surface area (Å²) in [4.78, 5) is 1.14. The standard InChI is InChI=1S/C15H18O2S/c16-18(17,13-8-2-1-3-9-13)15-11-5-7-12-6-4-10-14(12)15/h1-3,8-9,11-12,14H,4-7,10H2/t12-,14-/m1/s1. The Morgan fingerprint density at radius 1 is 1.00 bits per heavy atom. The van der Waals surface area contributed by atoms with Crippen molar-refractivity contribution in [1.29, 1.82) is 0 Å². The van der Waals surface area contributed by atoms with E-state index >= 15 is 0 Å². The Labute approximate surface area is 109 Å². The average molecular weight is 262 g/mol. The van der Waals surface area contributed by atoms with E-state index in [9.17, 15) is 8.42 Å². The Morgan fingerprint density at radius 2 is 1.78 bits per heavy atom. The number of rotatable bonds is 2. The van der Waals surface area contributed by atoms with Gasteiger partial charge >= 0.3 is 0 Å². The van der Waals surface area contributed by atoms with Gasteiger partial charge in [-0.1, -0.05) is 30.7 Å². The van der Waals surface area contributed by atoms with E-state index in [1.807, 2.05) is 12.1 Å². The predicted octanol–water partition coefficient (Wildman–Crippen LogP) is 3.55. The molecule has 0 spiro atoms. The molecular weight excluding hydrogens is 244 g/mol. The molecule has 0 saturated heterocycles. The lowest BCUT2D eigenvalue weighted by Gasteiger charge is -2.26. The summed E-state index contributed by atoms with van der Waals surface area (Å²) in [6, 6.07) is 8.85. The van der Waals surface area contributed by atoms with Crippen molar-refractivity contribution >= 4 is 9.84 Å². The highest BCUT2D eigenvalue weighted by Crippen LogP contribution is 2.45. The van der Waals surface area contributed by atoms with Crippen LogP contribution in [-0.4, -0.2) is 8.42 Å². The molecule has 0 radical (unpaired) electrons. The van der Waals surface area contributed by atoms with Crippen LogP contribution < -0.4 is 0 Å². The number of hydrogen-bond acceptors (Lipinski definition) is 2. The maximum absolute atomic E-state index is 12.7. The normalized spacial score (nSPS) is 27.7. The zero-order valence-electron chi connectivity index (χ0n) is 10.4. The van der Waals surface area contributed by atoms with Crippen molar-refractivity contribution < 1.29 is 8.42 Å². The second kappa shape index (κ2) is 4.54. The van der Waals surface area contributed by atoms with Gasteiger partial charge in [0.05, 0.1) is 4.90 Å². The van der Waals surface area contributed by atoms with Gasteiger partial charge in [0.2, 0.25) is 9.84 Å². The summed E-state index contributed by atoms with van der Waals surface area (Å²) in [5.74, 6) is 0.882. The number of allylic oxidation sites excluding steroid dienone is 2. The Kier molecular flexibility index (Phi) is 3.02. The molecule has 1 saturated carbocycles. The molecule has 96 valence electrons. The molecule has 0 heterocycles. The molecule has 2 atom stereocenters. The summed E-state index contributed by atoms with van der Waals surface area (Å²) >= 11 is 0. The molecule has 3 rings (SSSR count). The zero-order valence-corrected chi connectivity index (χ0v) is 11.2. The van der Waals surface area contributed by atoms with Crippen molar-refractivity contribution in [2.45, 2.75) is 37.0 Å². The largest absolute Gasteiger partial charge is 0.219 e. The maximum Gasteiger partial charge on any atom is 0.202 e. The van der Waals surface area contributed by atoms with Crippen LogP contribution in [0.5, 0.6) is 0 Å². The molecule has 0 aromatic heterocycles. The summed E-state index contributed by atoms with van der Waals surface area (Å²) < 4.78 is 25.3. The maximum atomic E-state index is 12.7. The van der Waals surface area contributed by atoms with E-state index in [1.54, 1.807) is 24.3 Å². The van der Waals surface area contributed by atoms with E-state index in [0.717, 1.165) is 12.8 Å². The third-order valence-electron chi connectivity index (χ3n) is 4.27. The van der Waals surface area contributed by atoms with Gasteiger partial charge in [-0.3, -0.25) is 0 Å². The molecular formula is C15H18O2S. The quantitative estimate of drug-likeness (QED) is 0.816. The third kappa shape index (κ3) is 1.91. The number of hydrogen-bond donors (Lipinski definition) is 0. The molecule has 2 aliphatic carbocycles. The van der Waals surface area contributed by atoms with Gasteiger partial charge in [0.15, 0.2) is 0 Å². The van der Waals surface area contributed by atoms with Crippen molar-refractivity contribution in [1.82, 2.24) is 0 Å². The van der Waals surface area contributed by atoms with Crippen molar-refractivity contribution in [2.75, 3.05) is 0 Å². The minimum atomic E-state index is -3.26. The first-order chi connectivity index (χ1) is 8.69. The number of fused-ring (bicyclic) bond motifs is 1. The van der Waals surface area contributed by atoms with E-state index in [2.05, 4.69) is 0 Å². The lowest BCUT2D eigenvalue weighted by Crippen LogP contribution is -2.21. The SMILES string of the molecule is O=S(=O)(C1=CCC[C@H]2CCC[C@@H]12)c1ccccc1. The Hall–Kier alpha value is -1.09. The summed E-state index contributed by atoms with van der Waals surface area (Å²) in [5.41, 5.74) is 0. The van der Waals surface area contributed by atoms with E-state index in [-0.39, 0.29) is 5.92 Å². The Morgan fingerprint density at radius 3 is 2.56 bits per heavy atom. The van der Waals surface area contributed by atoms with Crippen LogP contribution in [0.1, 0.15) is 32.1 Å². The molecule has 0 N–H and O–H groups in total. The molecule has 1 aromatic carbocycles. The molecule has 18 heavy (non-hydrogen) atoms. The van der Waals surface area contributed by atoms with E-state index < -0.39 is 9.84 Å². The topological polar surface area (TPSA) is 34.1 Å². The van der Waals surface area contributed by atoms with Gasteiger partial charge in [-0.15, -0.1) is 0 Å². The van der Waals surface area contributed by atoms with Crippen LogP contribution in [0.25, 0.3) is 0 Å². The minimum absolute atomic E-state index is 0.281. The van der Waals surface area contributed by atoms with Crippen LogP contribution in [-0.2, 0) is 9.84 Å². The van der Waals surface area contributed by atoms with Crippen LogP contribution in [0.2, 0.25) is 0 Å². The molecule has 1 fully saturated rings. The highest BCUT2D eigenvalue weighted by molar-refractivity contribution is 7.95. The van der Waals surface area contributed by atoms with Gasteiger partial charge in [0.1, 0.15) is 0 Å². The van der Waals surface area contributed by atoms with Crippen LogP contribution in [0.3, 0.4) is 0 Å². The number of sulfone groups is 1. The summed E-state index contributed by atoms with van der Waals surface area (Å²) in [7, 11) is -3.26.